The minimum absolute atomic E-state index is 0.0182. The zero-order valence-corrected chi connectivity index (χ0v) is 15.3. The molecule has 0 N–H and O–H groups in total. The quantitative estimate of drug-likeness (QED) is 0.734. The molecule has 1 aromatic rings. The van der Waals surface area contributed by atoms with Crippen molar-refractivity contribution >= 4 is 16.0 Å². The lowest BCUT2D eigenvalue weighted by Crippen LogP contribution is -2.42. The number of carbonyl (C=O) groups is 1. The van der Waals surface area contributed by atoms with Gasteiger partial charge in [-0.25, -0.2) is 13.2 Å². The molecule has 0 radical (unpaired) electrons. The van der Waals surface area contributed by atoms with Crippen LogP contribution in [0.2, 0.25) is 0 Å². The molecular weight excluding hydrogens is 330 g/mol. The minimum atomic E-state index is -3.73. The van der Waals surface area contributed by atoms with Crippen LogP contribution in [0.1, 0.15) is 49.9 Å². The van der Waals surface area contributed by atoms with Crippen LogP contribution in [0.25, 0.3) is 0 Å². The molecule has 7 heteroatoms. The number of esters is 1. The second-order valence-electron chi connectivity index (χ2n) is 5.96. The summed E-state index contributed by atoms with van der Waals surface area (Å²) in [5, 5.41) is 0. The highest BCUT2D eigenvalue weighted by Crippen LogP contribution is 2.31. The molecule has 0 spiro atoms. The normalized spacial score (nSPS) is 19.0. The van der Waals surface area contributed by atoms with Crippen LogP contribution in [0.5, 0.6) is 5.75 Å². The molecule has 1 unspecified atom stereocenters. The van der Waals surface area contributed by atoms with E-state index < -0.39 is 16.0 Å². The summed E-state index contributed by atoms with van der Waals surface area (Å²) in [6.45, 7) is 4.59. The monoisotopic (exact) mass is 355 g/mol. The Morgan fingerprint density at radius 2 is 2.08 bits per heavy atom. The van der Waals surface area contributed by atoms with E-state index in [1.807, 2.05) is 13.8 Å². The molecule has 1 aromatic carbocycles. The summed E-state index contributed by atoms with van der Waals surface area (Å²) < 4.78 is 37.9. The maximum Gasteiger partial charge on any atom is 0.338 e. The van der Waals surface area contributed by atoms with Crippen molar-refractivity contribution in [1.29, 1.82) is 0 Å². The van der Waals surface area contributed by atoms with Crippen molar-refractivity contribution in [2.75, 3.05) is 20.3 Å². The van der Waals surface area contributed by atoms with E-state index >= 15 is 0 Å². The molecule has 0 amide bonds. The average Bonchev–Trinajstić information content (AvgIpc) is 2.59. The Labute approximate surface area is 143 Å². The largest absolute Gasteiger partial charge is 0.495 e. The first-order valence-corrected chi connectivity index (χ1v) is 9.72. The van der Waals surface area contributed by atoms with E-state index in [1.54, 1.807) is 0 Å². The number of methoxy groups -OCH3 is 1. The smallest absolute Gasteiger partial charge is 0.338 e. The number of rotatable bonds is 6. The third kappa shape index (κ3) is 3.89. The number of nitrogens with zero attached hydrogens (tertiary/aromatic N) is 1. The fourth-order valence-corrected chi connectivity index (χ4v) is 4.72. The van der Waals surface area contributed by atoms with Crippen molar-refractivity contribution in [1.82, 2.24) is 4.31 Å². The molecule has 1 heterocycles. The lowest BCUT2D eigenvalue weighted by atomic mass is 10.1. The van der Waals surface area contributed by atoms with Crippen molar-refractivity contribution in [3.8, 4) is 5.75 Å². The van der Waals surface area contributed by atoms with Gasteiger partial charge < -0.3 is 9.47 Å². The molecule has 134 valence electrons. The first kappa shape index (κ1) is 18.7. The van der Waals surface area contributed by atoms with E-state index in [0.29, 0.717) is 19.6 Å². The van der Waals surface area contributed by atoms with Crippen LogP contribution in [0.3, 0.4) is 0 Å². The summed E-state index contributed by atoms with van der Waals surface area (Å²) in [6.07, 6.45) is 3.40. The van der Waals surface area contributed by atoms with Gasteiger partial charge in [-0.05, 0) is 44.4 Å². The van der Waals surface area contributed by atoms with E-state index in [0.717, 1.165) is 19.3 Å². The van der Waals surface area contributed by atoms with E-state index in [9.17, 15) is 13.2 Å². The highest BCUT2D eigenvalue weighted by molar-refractivity contribution is 7.89. The molecule has 0 aromatic heterocycles. The predicted octanol–water partition coefficient (Wildman–Crippen LogP) is 2.83. The van der Waals surface area contributed by atoms with Crippen LogP contribution in [-0.4, -0.2) is 45.0 Å². The molecule has 24 heavy (non-hydrogen) atoms. The third-order valence-corrected chi connectivity index (χ3v) is 6.20. The Hall–Kier alpha value is -1.60. The summed E-state index contributed by atoms with van der Waals surface area (Å²) in [5.74, 6) is -0.289. The van der Waals surface area contributed by atoms with Crippen LogP contribution < -0.4 is 4.74 Å². The van der Waals surface area contributed by atoms with E-state index in [4.69, 9.17) is 9.47 Å². The van der Waals surface area contributed by atoms with E-state index in [1.165, 1.54) is 29.6 Å². The first-order chi connectivity index (χ1) is 11.4. The van der Waals surface area contributed by atoms with Gasteiger partial charge in [-0.3, -0.25) is 0 Å². The molecule has 1 atom stereocenters. The molecule has 0 saturated carbocycles. The van der Waals surface area contributed by atoms with Gasteiger partial charge in [0.25, 0.3) is 0 Å². The molecule has 1 saturated heterocycles. The number of hydrogen-bond donors (Lipinski definition) is 0. The number of hydrogen-bond acceptors (Lipinski definition) is 5. The second kappa shape index (κ2) is 7.98. The SMILES string of the molecule is CCCOC(=O)c1ccc(OC)c(S(=O)(=O)N2CCCCC2C)c1. The first-order valence-electron chi connectivity index (χ1n) is 8.28. The van der Waals surface area contributed by atoms with Crippen LogP contribution in [0.4, 0.5) is 0 Å². The van der Waals surface area contributed by atoms with Crippen LogP contribution >= 0.6 is 0 Å². The van der Waals surface area contributed by atoms with Crippen LogP contribution in [0, 0.1) is 0 Å². The van der Waals surface area contributed by atoms with Gasteiger partial charge in [0.05, 0.1) is 19.3 Å². The highest BCUT2D eigenvalue weighted by Gasteiger charge is 2.33. The van der Waals surface area contributed by atoms with Gasteiger partial charge in [-0.2, -0.15) is 4.31 Å². The minimum Gasteiger partial charge on any atom is -0.495 e. The Kier molecular flexibility index (Phi) is 6.23. The van der Waals surface area contributed by atoms with Gasteiger partial charge in [0.2, 0.25) is 10.0 Å². The second-order valence-corrected chi connectivity index (χ2v) is 7.82. The molecule has 1 aliphatic heterocycles. The fourth-order valence-electron chi connectivity index (χ4n) is 2.84. The average molecular weight is 355 g/mol. The topological polar surface area (TPSA) is 72.9 Å². The molecular formula is C17H25NO5S. The van der Waals surface area contributed by atoms with Crippen molar-refractivity contribution < 1.29 is 22.7 Å². The van der Waals surface area contributed by atoms with Gasteiger partial charge >= 0.3 is 5.97 Å². The Bertz CT molecular complexity index is 686. The number of piperidine rings is 1. The van der Waals surface area contributed by atoms with Gasteiger partial charge in [0.15, 0.2) is 0 Å². The van der Waals surface area contributed by atoms with Gasteiger partial charge in [-0.1, -0.05) is 13.3 Å². The zero-order valence-electron chi connectivity index (χ0n) is 14.4. The standard InChI is InChI=1S/C17H25NO5S/c1-4-11-23-17(19)14-8-9-15(22-3)16(12-14)24(20,21)18-10-6-5-7-13(18)2/h8-9,12-13H,4-7,10-11H2,1-3H3. The number of sulfonamides is 1. The van der Waals surface area contributed by atoms with Gasteiger partial charge in [0.1, 0.15) is 10.6 Å². The number of benzene rings is 1. The molecule has 6 nitrogen and oxygen atoms in total. The van der Waals surface area contributed by atoms with Gasteiger partial charge in [0, 0.05) is 12.6 Å². The fraction of sp³-hybridized carbons (Fsp3) is 0.588. The van der Waals surface area contributed by atoms with Crippen molar-refractivity contribution in [2.45, 2.75) is 50.5 Å². The third-order valence-electron chi connectivity index (χ3n) is 4.17. The number of carbonyl (C=O) groups excluding carboxylic acids is 1. The molecule has 0 bridgehead atoms. The van der Waals surface area contributed by atoms with Crippen LogP contribution in [-0.2, 0) is 14.8 Å². The maximum absolute atomic E-state index is 13.1. The summed E-state index contributed by atoms with van der Waals surface area (Å²) in [5.41, 5.74) is 0.215. The van der Waals surface area contributed by atoms with Crippen molar-refractivity contribution in [3.05, 3.63) is 23.8 Å². The summed E-state index contributed by atoms with van der Waals surface area (Å²) >= 11 is 0. The molecule has 2 rings (SSSR count). The van der Waals surface area contributed by atoms with Crippen LogP contribution in [0.15, 0.2) is 23.1 Å². The Morgan fingerprint density at radius 3 is 2.71 bits per heavy atom. The lowest BCUT2D eigenvalue weighted by Gasteiger charge is -2.32. The Balaban J connectivity index is 2.41. The van der Waals surface area contributed by atoms with E-state index in [2.05, 4.69) is 0 Å². The number of ether oxygens (including phenoxy) is 2. The zero-order chi connectivity index (χ0) is 17.7. The van der Waals surface area contributed by atoms with Crippen molar-refractivity contribution in [3.63, 3.8) is 0 Å². The van der Waals surface area contributed by atoms with Gasteiger partial charge in [-0.15, -0.1) is 0 Å². The molecule has 1 aliphatic rings. The lowest BCUT2D eigenvalue weighted by molar-refractivity contribution is 0.0504. The Morgan fingerprint density at radius 1 is 1.33 bits per heavy atom. The highest BCUT2D eigenvalue weighted by atomic mass is 32.2. The molecule has 1 fully saturated rings. The molecule has 0 aliphatic carbocycles. The predicted molar refractivity (Wildman–Crippen MR) is 90.8 cm³/mol. The summed E-state index contributed by atoms with van der Waals surface area (Å²) in [7, 11) is -2.31. The van der Waals surface area contributed by atoms with E-state index in [-0.39, 0.29) is 22.3 Å². The summed E-state index contributed by atoms with van der Waals surface area (Å²) in [6, 6.07) is 4.32. The summed E-state index contributed by atoms with van der Waals surface area (Å²) in [4.78, 5) is 12.1. The van der Waals surface area contributed by atoms with Crippen molar-refractivity contribution in [2.24, 2.45) is 0 Å². The maximum atomic E-state index is 13.1.